The molecule has 0 saturated carbocycles. The molecule has 0 bridgehead atoms. The molecule has 24 heavy (non-hydrogen) atoms. The molecule has 8 heteroatoms. The second kappa shape index (κ2) is 6.78. The topological polar surface area (TPSA) is 96.1 Å². The lowest BCUT2D eigenvalue weighted by molar-refractivity contribution is -0.123. The number of hydrazine groups is 1. The zero-order valence-corrected chi connectivity index (χ0v) is 12.4. The molecule has 0 atom stereocenters. The smallest absolute Gasteiger partial charge is 0.290 e. The van der Waals surface area contributed by atoms with Gasteiger partial charge in [0, 0.05) is 5.39 Å². The third kappa shape index (κ3) is 3.32. The third-order valence-electron chi connectivity index (χ3n) is 3.20. The summed E-state index contributed by atoms with van der Waals surface area (Å²) in [6, 6.07) is 12.8. The molecular weight excluding hydrogens is 315 g/mol. The number of hydrogen-bond donors (Lipinski definition) is 3. The van der Waals surface area contributed by atoms with Crippen LogP contribution in [-0.4, -0.2) is 28.6 Å². The lowest BCUT2D eigenvalue weighted by Gasteiger charge is -2.08. The van der Waals surface area contributed by atoms with E-state index in [1.807, 2.05) is 6.07 Å². The van der Waals surface area contributed by atoms with Crippen LogP contribution in [0.1, 0.15) is 10.5 Å². The van der Waals surface area contributed by atoms with Crippen molar-refractivity contribution in [1.82, 2.24) is 21.0 Å². The summed E-state index contributed by atoms with van der Waals surface area (Å²) in [4.78, 5) is 23.7. The first-order chi connectivity index (χ1) is 11.6. The van der Waals surface area contributed by atoms with Crippen molar-refractivity contribution < 1.29 is 18.7 Å². The van der Waals surface area contributed by atoms with Gasteiger partial charge in [-0.3, -0.25) is 25.5 Å². The Kier molecular flexibility index (Phi) is 4.37. The number of nitrogens with one attached hydrogen (secondary N) is 3. The van der Waals surface area contributed by atoms with Gasteiger partial charge in [-0.1, -0.05) is 30.3 Å². The second-order valence-corrected chi connectivity index (χ2v) is 4.84. The van der Waals surface area contributed by atoms with Gasteiger partial charge in [0.25, 0.3) is 11.8 Å². The highest BCUT2D eigenvalue weighted by atomic mass is 19.1. The average Bonchev–Trinajstić information content (AvgIpc) is 3.03. The molecule has 0 radical (unpaired) electrons. The predicted molar refractivity (Wildman–Crippen MR) is 83.6 cm³/mol. The van der Waals surface area contributed by atoms with Crippen LogP contribution in [0, 0.1) is 5.82 Å². The Labute approximate surface area is 135 Å². The standard InChI is InChI=1S/C16H13FN4O3/c17-11-6-2-4-8-13(11)24-9-14(22)19-21-16(23)15-10-5-1-3-7-12(10)18-20-15/h1-8H,9H2,(H,18,20)(H,19,22)(H,21,23). The number of aromatic amines is 1. The van der Waals surface area contributed by atoms with Crippen LogP contribution in [0.2, 0.25) is 0 Å². The van der Waals surface area contributed by atoms with Crippen molar-refractivity contribution in [2.75, 3.05) is 6.61 Å². The van der Waals surface area contributed by atoms with E-state index >= 15 is 0 Å². The molecule has 2 amide bonds. The predicted octanol–water partition coefficient (Wildman–Crippen LogP) is 1.54. The van der Waals surface area contributed by atoms with E-state index in [2.05, 4.69) is 21.0 Å². The van der Waals surface area contributed by atoms with Crippen molar-refractivity contribution in [3.8, 4) is 5.75 Å². The first-order valence-electron chi connectivity index (χ1n) is 7.05. The largest absolute Gasteiger partial charge is 0.481 e. The van der Waals surface area contributed by atoms with Crippen LogP contribution >= 0.6 is 0 Å². The molecule has 7 nitrogen and oxygen atoms in total. The van der Waals surface area contributed by atoms with Crippen LogP contribution in [-0.2, 0) is 4.79 Å². The molecule has 3 aromatic rings. The summed E-state index contributed by atoms with van der Waals surface area (Å²) < 4.78 is 18.4. The molecule has 122 valence electrons. The van der Waals surface area contributed by atoms with Gasteiger partial charge in [-0.2, -0.15) is 5.10 Å². The van der Waals surface area contributed by atoms with Crippen LogP contribution in [0.25, 0.3) is 10.9 Å². The number of H-pyrrole nitrogens is 1. The van der Waals surface area contributed by atoms with Crippen molar-refractivity contribution >= 4 is 22.7 Å². The zero-order valence-electron chi connectivity index (χ0n) is 12.4. The number of rotatable bonds is 4. The molecule has 1 aromatic heterocycles. The lowest BCUT2D eigenvalue weighted by atomic mass is 10.2. The number of benzene rings is 2. The van der Waals surface area contributed by atoms with Crippen LogP contribution in [0.4, 0.5) is 4.39 Å². The van der Waals surface area contributed by atoms with Gasteiger partial charge in [-0.25, -0.2) is 4.39 Å². The monoisotopic (exact) mass is 328 g/mol. The zero-order chi connectivity index (χ0) is 16.9. The summed E-state index contributed by atoms with van der Waals surface area (Å²) in [6.45, 7) is -0.442. The van der Waals surface area contributed by atoms with Crippen molar-refractivity contribution in [1.29, 1.82) is 0 Å². The molecule has 0 aliphatic heterocycles. The minimum atomic E-state index is -0.633. The van der Waals surface area contributed by atoms with Gasteiger partial charge in [0.15, 0.2) is 23.9 Å². The number of fused-ring (bicyclic) bond motifs is 1. The SMILES string of the molecule is O=C(COc1ccccc1F)NNC(=O)c1n[nH]c2ccccc12. The molecule has 0 aliphatic rings. The van der Waals surface area contributed by atoms with Gasteiger partial charge in [-0.05, 0) is 18.2 Å². The summed E-state index contributed by atoms with van der Waals surface area (Å²) in [5.41, 5.74) is 5.28. The summed E-state index contributed by atoms with van der Waals surface area (Å²) in [7, 11) is 0. The van der Waals surface area contributed by atoms with Gasteiger partial charge >= 0.3 is 0 Å². The van der Waals surface area contributed by atoms with Crippen LogP contribution in [0.3, 0.4) is 0 Å². The Morgan fingerprint density at radius 2 is 1.83 bits per heavy atom. The number of ether oxygens (including phenoxy) is 1. The second-order valence-electron chi connectivity index (χ2n) is 4.84. The van der Waals surface area contributed by atoms with E-state index in [4.69, 9.17) is 4.74 Å². The maximum absolute atomic E-state index is 13.4. The van der Waals surface area contributed by atoms with E-state index in [1.54, 1.807) is 24.3 Å². The van der Waals surface area contributed by atoms with Crippen molar-refractivity contribution in [3.05, 3.63) is 60.0 Å². The van der Waals surface area contributed by atoms with E-state index in [-0.39, 0.29) is 11.4 Å². The molecule has 1 heterocycles. The van der Waals surface area contributed by atoms with E-state index < -0.39 is 24.2 Å². The Hall–Kier alpha value is -3.42. The average molecular weight is 328 g/mol. The summed E-state index contributed by atoms with van der Waals surface area (Å²) in [5.74, 6) is -1.83. The Morgan fingerprint density at radius 1 is 1.08 bits per heavy atom. The van der Waals surface area contributed by atoms with Gasteiger partial charge in [0.05, 0.1) is 5.52 Å². The minimum absolute atomic E-state index is 0.0442. The van der Waals surface area contributed by atoms with Gasteiger partial charge in [0.1, 0.15) is 0 Å². The fourth-order valence-corrected chi connectivity index (χ4v) is 2.06. The number of amides is 2. The van der Waals surface area contributed by atoms with Crippen LogP contribution in [0.15, 0.2) is 48.5 Å². The molecule has 0 saturated heterocycles. The maximum Gasteiger partial charge on any atom is 0.290 e. The highest BCUT2D eigenvalue weighted by Crippen LogP contribution is 2.15. The first kappa shape index (κ1) is 15.5. The minimum Gasteiger partial charge on any atom is -0.481 e. The highest BCUT2D eigenvalue weighted by Gasteiger charge is 2.14. The Bertz CT molecular complexity index is 894. The van der Waals surface area contributed by atoms with Crippen LogP contribution < -0.4 is 15.6 Å². The number of halogens is 1. The molecule has 3 N–H and O–H groups in total. The van der Waals surface area contributed by atoms with Gasteiger partial charge in [-0.15, -0.1) is 0 Å². The molecule has 2 aromatic carbocycles. The normalized spacial score (nSPS) is 10.4. The van der Waals surface area contributed by atoms with Crippen molar-refractivity contribution in [2.45, 2.75) is 0 Å². The summed E-state index contributed by atoms with van der Waals surface area (Å²) in [6.07, 6.45) is 0. The summed E-state index contributed by atoms with van der Waals surface area (Å²) >= 11 is 0. The Balaban J connectivity index is 1.54. The molecular formula is C16H13FN4O3. The van der Waals surface area contributed by atoms with E-state index in [9.17, 15) is 14.0 Å². The number of hydrogen-bond acceptors (Lipinski definition) is 4. The molecule has 3 rings (SSSR count). The number of carbonyl (C=O) groups excluding carboxylic acids is 2. The number of para-hydroxylation sites is 2. The molecule has 0 unspecified atom stereocenters. The fourth-order valence-electron chi connectivity index (χ4n) is 2.06. The van der Waals surface area contributed by atoms with E-state index in [1.165, 1.54) is 18.2 Å². The lowest BCUT2D eigenvalue weighted by Crippen LogP contribution is -2.44. The fraction of sp³-hybridized carbons (Fsp3) is 0.0625. The number of nitrogens with zero attached hydrogens (tertiary/aromatic N) is 1. The van der Waals surface area contributed by atoms with Crippen LogP contribution in [0.5, 0.6) is 5.75 Å². The quantitative estimate of drug-likeness (QED) is 0.633. The summed E-state index contributed by atoms with van der Waals surface area (Å²) in [5, 5.41) is 7.26. The molecule has 0 aliphatic carbocycles. The third-order valence-corrected chi connectivity index (χ3v) is 3.20. The molecule has 0 spiro atoms. The Morgan fingerprint density at radius 3 is 2.67 bits per heavy atom. The number of carbonyl (C=O) groups is 2. The van der Waals surface area contributed by atoms with Crippen molar-refractivity contribution in [3.63, 3.8) is 0 Å². The molecule has 0 fully saturated rings. The highest BCUT2D eigenvalue weighted by molar-refractivity contribution is 6.05. The first-order valence-corrected chi connectivity index (χ1v) is 7.05. The van der Waals surface area contributed by atoms with Gasteiger partial charge in [0.2, 0.25) is 0 Å². The number of aromatic nitrogens is 2. The maximum atomic E-state index is 13.4. The van der Waals surface area contributed by atoms with E-state index in [0.29, 0.717) is 10.9 Å². The van der Waals surface area contributed by atoms with Gasteiger partial charge < -0.3 is 4.74 Å². The van der Waals surface area contributed by atoms with E-state index in [0.717, 1.165) is 0 Å². The van der Waals surface area contributed by atoms with Crippen molar-refractivity contribution in [2.24, 2.45) is 0 Å².